The third kappa shape index (κ3) is 3.31. The summed E-state index contributed by atoms with van der Waals surface area (Å²) < 4.78 is 37.3. The zero-order valence-corrected chi connectivity index (χ0v) is 11.9. The van der Waals surface area contributed by atoms with Gasteiger partial charge >= 0.3 is 22.4 Å². The fourth-order valence-electron chi connectivity index (χ4n) is 1.73. The second kappa shape index (κ2) is 6.10. The summed E-state index contributed by atoms with van der Waals surface area (Å²) in [5.41, 5.74) is 0.679. The van der Waals surface area contributed by atoms with Gasteiger partial charge in [0, 0.05) is 0 Å². The van der Waals surface area contributed by atoms with Crippen molar-refractivity contribution in [1.29, 1.82) is 0 Å². The van der Waals surface area contributed by atoms with Gasteiger partial charge in [0.2, 0.25) is 0 Å². The second-order valence-electron chi connectivity index (χ2n) is 4.12. The number of nitrogens with zero attached hydrogens (tertiary/aromatic N) is 1. The Morgan fingerprint density at radius 1 is 1.33 bits per heavy atom. The SMILES string of the molecule is COC(=O)[C@@H]1COS(=O)(=O)N1C(=O)OCc1ccccc1. The van der Waals surface area contributed by atoms with Crippen molar-refractivity contribution in [1.82, 2.24) is 4.31 Å². The predicted molar refractivity (Wildman–Crippen MR) is 69.1 cm³/mol. The third-order valence-corrected chi connectivity index (χ3v) is 4.08. The Kier molecular flexibility index (Phi) is 4.43. The first-order chi connectivity index (χ1) is 9.95. The quantitative estimate of drug-likeness (QED) is 0.746. The van der Waals surface area contributed by atoms with Gasteiger partial charge in [-0.25, -0.2) is 9.59 Å². The van der Waals surface area contributed by atoms with Crippen molar-refractivity contribution in [2.75, 3.05) is 13.7 Å². The van der Waals surface area contributed by atoms with E-state index in [0.29, 0.717) is 5.56 Å². The van der Waals surface area contributed by atoms with Crippen LogP contribution in [0.25, 0.3) is 0 Å². The maximum absolute atomic E-state index is 11.9. The third-order valence-electron chi connectivity index (χ3n) is 2.76. The van der Waals surface area contributed by atoms with E-state index in [0.717, 1.165) is 7.11 Å². The summed E-state index contributed by atoms with van der Waals surface area (Å²) in [6.45, 7) is -0.616. The number of carbonyl (C=O) groups is 2. The molecule has 0 saturated carbocycles. The monoisotopic (exact) mass is 315 g/mol. The van der Waals surface area contributed by atoms with Crippen molar-refractivity contribution in [3.8, 4) is 0 Å². The fraction of sp³-hybridized carbons (Fsp3) is 0.333. The van der Waals surface area contributed by atoms with Crippen LogP contribution in [0.3, 0.4) is 0 Å². The second-order valence-corrected chi connectivity index (χ2v) is 5.60. The van der Waals surface area contributed by atoms with E-state index < -0.39 is 35.0 Å². The Hall–Kier alpha value is -2.13. The number of hydrogen-bond acceptors (Lipinski definition) is 7. The Morgan fingerprint density at radius 3 is 2.62 bits per heavy atom. The highest BCUT2D eigenvalue weighted by Crippen LogP contribution is 2.21. The van der Waals surface area contributed by atoms with E-state index in [1.807, 2.05) is 0 Å². The lowest BCUT2D eigenvalue weighted by Gasteiger charge is -2.18. The summed E-state index contributed by atoms with van der Waals surface area (Å²) >= 11 is 0. The Labute approximate surface area is 121 Å². The van der Waals surface area contributed by atoms with Gasteiger partial charge in [-0.2, -0.15) is 12.7 Å². The Morgan fingerprint density at radius 2 is 2.00 bits per heavy atom. The van der Waals surface area contributed by atoms with E-state index in [4.69, 9.17) is 4.74 Å². The first kappa shape index (κ1) is 15.3. The molecule has 1 aromatic rings. The highest BCUT2D eigenvalue weighted by atomic mass is 32.2. The van der Waals surface area contributed by atoms with Gasteiger partial charge in [-0.3, -0.25) is 4.18 Å². The van der Waals surface area contributed by atoms with Crippen LogP contribution in [-0.2, 0) is 35.4 Å². The van der Waals surface area contributed by atoms with Gasteiger partial charge in [-0.05, 0) is 5.56 Å². The van der Waals surface area contributed by atoms with Gasteiger partial charge in [-0.1, -0.05) is 30.3 Å². The Bertz CT molecular complexity index is 628. The number of ether oxygens (including phenoxy) is 2. The van der Waals surface area contributed by atoms with Crippen molar-refractivity contribution in [3.63, 3.8) is 0 Å². The highest BCUT2D eigenvalue weighted by Gasteiger charge is 2.48. The lowest BCUT2D eigenvalue weighted by Crippen LogP contribution is -2.44. The maximum Gasteiger partial charge on any atom is 0.426 e. The number of carbonyl (C=O) groups excluding carboxylic acids is 2. The molecular weight excluding hydrogens is 302 g/mol. The first-order valence-electron chi connectivity index (χ1n) is 5.93. The molecule has 1 saturated heterocycles. The lowest BCUT2D eigenvalue weighted by atomic mass is 10.2. The summed E-state index contributed by atoms with van der Waals surface area (Å²) in [4.78, 5) is 23.4. The molecular formula is C12H13NO7S. The van der Waals surface area contributed by atoms with Crippen LogP contribution in [0.5, 0.6) is 0 Å². The van der Waals surface area contributed by atoms with Gasteiger partial charge < -0.3 is 9.47 Å². The topological polar surface area (TPSA) is 99.2 Å². The lowest BCUT2D eigenvalue weighted by molar-refractivity contribution is -0.144. The molecule has 1 atom stereocenters. The van der Waals surface area contributed by atoms with Crippen LogP contribution >= 0.6 is 0 Å². The first-order valence-corrected chi connectivity index (χ1v) is 7.29. The van der Waals surface area contributed by atoms with Crippen molar-refractivity contribution in [3.05, 3.63) is 35.9 Å². The smallest absolute Gasteiger partial charge is 0.426 e. The zero-order valence-electron chi connectivity index (χ0n) is 11.1. The van der Waals surface area contributed by atoms with Crippen LogP contribution in [0, 0.1) is 0 Å². The summed E-state index contributed by atoms with van der Waals surface area (Å²) in [7, 11) is -3.25. The Balaban J connectivity index is 2.10. The minimum Gasteiger partial charge on any atom is -0.467 e. The highest BCUT2D eigenvalue weighted by molar-refractivity contribution is 7.85. The molecule has 1 aromatic carbocycles. The molecule has 0 aliphatic carbocycles. The molecule has 1 amide bonds. The van der Waals surface area contributed by atoms with E-state index in [1.165, 1.54) is 0 Å². The summed E-state index contributed by atoms with van der Waals surface area (Å²) in [6, 6.07) is 7.33. The molecule has 0 bridgehead atoms. The van der Waals surface area contributed by atoms with Crippen molar-refractivity contribution in [2.45, 2.75) is 12.6 Å². The molecule has 0 N–H and O–H groups in total. The van der Waals surface area contributed by atoms with Crippen molar-refractivity contribution < 1.29 is 31.7 Å². The number of benzene rings is 1. The van der Waals surface area contributed by atoms with Gasteiger partial charge in [0.25, 0.3) is 0 Å². The molecule has 0 unspecified atom stereocenters. The molecule has 1 aliphatic heterocycles. The van der Waals surface area contributed by atoms with Gasteiger partial charge in [0.1, 0.15) is 13.2 Å². The number of esters is 1. The molecule has 21 heavy (non-hydrogen) atoms. The van der Waals surface area contributed by atoms with E-state index in [2.05, 4.69) is 8.92 Å². The van der Waals surface area contributed by atoms with Crippen LogP contribution in [0.1, 0.15) is 5.56 Å². The van der Waals surface area contributed by atoms with Gasteiger partial charge in [-0.15, -0.1) is 0 Å². The molecule has 114 valence electrons. The summed E-state index contributed by atoms with van der Waals surface area (Å²) in [5, 5.41) is 0. The van der Waals surface area contributed by atoms with Crippen molar-refractivity contribution in [2.24, 2.45) is 0 Å². The van der Waals surface area contributed by atoms with Gasteiger partial charge in [0.15, 0.2) is 6.04 Å². The molecule has 0 aromatic heterocycles. The van der Waals surface area contributed by atoms with Crippen LogP contribution in [0.15, 0.2) is 30.3 Å². The van der Waals surface area contributed by atoms with Gasteiger partial charge in [0.05, 0.1) is 7.11 Å². The molecule has 9 heteroatoms. The molecule has 1 aliphatic rings. The number of amides is 1. The molecule has 2 rings (SSSR count). The average Bonchev–Trinajstić information content (AvgIpc) is 2.80. The average molecular weight is 315 g/mol. The molecule has 0 radical (unpaired) electrons. The largest absolute Gasteiger partial charge is 0.467 e. The minimum atomic E-state index is -4.34. The van der Waals surface area contributed by atoms with E-state index in [-0.39, 0.29) is 10.9 Å². The maximum atomic E-state index is 11.9. The summed E-state index contributed by atoms with van der Waals surface area (Å²) in [6.07, 6.45) is -1.19. The molecule has 8 nitrogen and oxygen atoms in total. The normalized spacial score (nSPS) is 20.0. The number of rotatable bonds is 3. The number of hydrogen-bond donors (Lipinski definition) is 0. The van der Waals surface area contributed by atoms with Crippen LogP contribution in [0.2, 0.25) is 0 Å². The van der Waals surface area contributed by atoms with E-state index in [9.17, 15) is 18.0 Å². The van der Waals surface area contributed by atoms with Crippen LogP contribution < -0.4 is 0 Å². The van der Waals surface area contributed by atoms with Crippen LogP contribution in [-0.4, -0.2) is 44.5 Å². The van der Waals surface area contributed by atoms with Crippen molar-refractivity contribution >= 4 is 22.4 Å². The standard InChI is InChI=1S/C12H13NO7S/c1-18-11(14)10-8-20-21(16,17)13(10)12(15)19-7-9-5-3-2-4-6-9/h2-6,10H,7-8H2,1H3/t10-/m0/s1. The molecule has 1 fully saturated rings. The molecule has 1 heterocycles. The molecule has 0 spiro atoms. The van der Waals surface area contributed by atoms with Crippen LogP contribution in [0.4, 0.5) is 4.79 Å². The zero-order chi connectivity index (χ0) is 15.5. The number of methoxy groups -OCH3 is 1. The fourth-order valence-corrected chi connectivity index (χ4v) is 2.84. The van der Waals surface area contributed by atoms with E-state index in [1.54, 1.807) is 30.3 Å². The van der Waals surface area contributed by atoms with E-state index >= 15 is 0 Å². The minimum absolute atomic E-state index is 0.125. The predicted octanol–water partition coefficient (Wildman–Crippen LogP) is 0.442. The summed E-state index contributed by atoms with van der Waals surface area (Å²) in [5.74, 6) is -0.896.